The molecule has 2 unspecified atom stereocenters. The number of amides is 1. The second-order valence-electron chi connectivity index (χ2n) is 4.34. The molecular weight excluding hydrogens is 216 g/mol. The molecule has 0 bridgehead atoms. The van der Waals surface area contributed by atoms with Gasteiger partial charge >= 0.3 is 0 Å². The molecule has 17 heavy (non-hydrogen) atoms. The summed E-state index contributed by atoms with van der Waals surface area (Å²) < 4.78 is 0. The average Bonchev–Trinajstić information content (AvgIpc) is 2.90. The third kappa shape index (κ3) is 2.48. The van der Waals surface area contributed by atoms with E-state index in [0.29, 0.717) is 5.92 Å². The number of aliphatic hydroxyl groups excluding tert-OH is 1. The zero-order valence-electron chi connectivity index (χ0n) is 9.94. The Hall–Kier alpha value is -1.39. The Kier molecular flexibility index (Phi) is 3.76. The van der Waals surface area contributed by atoms with Crippen molar-refractivity contribution < 1.29 is 9.90 Å². The van der Waals surface area contributed by atoms with E-state index in [0.717, 1.165) is 30.6 Å². The molecule has 1 fully saturated rings. The number of benzene rings is 1. The Bertz CT molecular complexity index is 400. The Morgan fingerprint density at radius 1 is 1.53 bits per heavy atom. The highest BCUT2D eigenvalue weighted by Crippen LogP contribution is 2.29. The second kappa shape index (κ2) is 5.29. The van der Waals surface area contributed by atoms with Crippen LogP contribution in [0.3, 0.4) is 0 Å². The molecule has 1 saturated heterocycles. The van der Waals surface area contributed by atoms with Gasteiger partial charge in [-0.25, -0.2) is 0 Å². The SMILES string of the molecule is CNC(=O)C(O)c1ccccc1C1CCNC1. The van der Waals surface area contributed by atoms with E-state index in [9.17, 15) is 9.90 Å². The Morgan fingerprint density at radius 2 is 2.29 bits per heavy atom. The first-order chi connectivity index (χ1) is 8.24. The molecule has 1 amide bonds. The number of hydrogen-bond donors (Lipinski definition) is 3. The zero-order chi connectivity index (χ0) is 12.3. The molecule has 4 heteroatoms. The van der Waals surface area contributed by atoms with E-state index in [-0.39, 0.29) is 5.91 Å². The lowest BCUT2D eigenvalue weighted by atomic mass is 9.91. The van der Waals surface area contributed by atoms with Crippen LogP contribution in [-0.2, 0) is 4.79 Å². The molecule has 0 aromatic heterocycles. The van der Waals surface area contributed by atoms with Crippen LogP contribution >= 0.6 is 0 Å². The summed E-state index contributed by atoms with van der Waals surface area (Å²) in [6.07, 6.45) is -0.0194. The van der Waals surface area contributed by atoms with Crippen LogP contribution in [0.15, 0.2) is 24.3 Å². The molecule has 1 aromatic carbocycles. The van der Waals surface area contributed by atoms with Crippen LogP contribution in [0.25, 0.3) is 0 Å². The van der Waals surface area contributed by atoms with Gasteiger partial charge in [0.25, 0.3) is 5.91 Å². The normalized spacial score (nSPS) is 21.2. The molecule has 0 aliphatic carbocycles. The number of aliphatic hydroxyl groups is 1. The molecule has 0 saturated carbocycles. The van der Waals surface area contributed by atoms with Gasteiger partial charge in [0.05, 0.1) is 0 Å². The van der Waals surface area contributed by atoms with Gasteiger partial charge in [-0.2, -0.15) is 0 Å². The van der Waals surface area contributed by atoms with Crippen molar-refractivity contribution in [2.45, 2.75) is 18.4 Å². The highest BCUT2D eigenvalue weighted by Gasteiger charge is 2.24. The van der Waals surface area contributed by atoms with Crippen molar-refractivity contribution in [3.8, 4) is 0 Å². The Balaban J connectivity index is 2.29. The number of rotatable bonds is 3. The van der Waals surface area contributed by atoms with Crippen LogP contribution in [0.2, 0.25) is 0 Å². The zero-order valence-corrected chi connectivity index (χ0v) is 9.94. The van der Waals surface area contributed by atoms with Gasteiger partial charge < -0.3 is 15.7 Å². The van der Waals surface area contributed by atoms with Crippen LogP contribution in [0.1, 0.15) is 29.6 Å². The summed E-state index contributed by atoms with van der Waals surface area (Å²) in [5, 5.41) is 15.8. The fourth-order valence-corrected chi connectivity index (χ4v) is 2.33. The predicted octanol–water partition coefficient (Wildman–Crippen LogP) is 0.543. The molecule has 2 rings (SSSR count). The summed E-state index contributed by atoms with van der Waals surface area (Å²) in [4.78, 5) is 11.5. The second-order valence-corrected chi connectivity index (χ2v) is 4.34. The number of carbonyl (C=O) groups is 1. The molecule has 92 valence electrons. The summed E-state index contributed by atoms with van der Waals surface area (Å²) in [6, 6.07) is 7.63. The lowest BCUT2D eigenvalue weighted by Gasteiger charge is -2.18. The number of hydrogen-bond acceptors (Lipinski definition) is 3. The number of carbonyl (C=O) groups excluding carboxylic acids is 1. The minimum Gasteiger partial charge on any atom is -0.378 e. The molecule has 1 aliphatic heterocycles. The van der Waals surface area contributed by atoms with Gasteiger partial charge in [-0.3, -0.25) is 4.79 Å². The number of likely N-dealkylation sites (N-methyl/N-ethyl adjacent to an activating group) is 1. The van der Waals surface area contributed by atoms with Crippen LogP contribution in [-0.4, -0.2) is 31.2 Å². The van der Waals surface area contributed by atoms with E-state index in [1.807, 2.05) is 24.3 Å². The van der Waals surface area contributed by atoms with E-state index in [1.165, 1.54) is 7.05 Å². The van der Waals surface area contributed by atoms with Gasteiger partial charge in [-0.1, -0.05) is 24.3 Å². The Labute approximate surface area is 101 Å². The van der Waals surface area contributed by atoms with Gasteiger partial charge in [0, 0.05) is 13.6 Å². The minimum atomic E-state index is -1.07. The van der Waals surface area contributed by atoms with Crippen LogP contribution in [0.4, 0.5) is 0 Å². The monoisotopic (exact) mass is 234 g/mol. The quantitative estimate of drug-likeness (QED) is 0.715. The van der Waals surface area contributed by atoms with E-state index in [4.69, 9.17) is 0 Å². The van der Waals surface area contributed by atoms with Gasteiger partial charge in [0.1, 0.15) is 0 Å². The van der Waals surface area contributed by atoms with E-state index in [2.05, 4.69) is 10.6 Å². The molecule has 4 nitrogen and oxygen atoms in total. The first-order valence-corrected chi connectivity index (χ1v) is 5.93. The lowest BCUT2D eigenvalue weighted by molar-refractivity contribution is -0.129. The molecule has 0 spiro atoms. The van der Waals surface area contributed by atoms with Crippen molar-refractivity contribution in [1.29, 1.82) is 0 Å². The first kappa shape index (κ1) is 12.1. The fraction of sp³-hybridized carbons (Fsp3) is 0.462. The summed E-state index contributed by atoms with van der Waals surface area (Å²) in [5.74, 6) is 0.0360. The smallest absolute Gasteiger partial charge is 0.253 e. The summed E-state index contributed by atoms with van der Waals surface area (Å²) in [6.45, 7) is 1.91. The Morgan fingerprint density at radius 3 is 2.94 bits per heavy atom. The summed E-state index contributed by atoms with van der Waals surface area (Å²) in [5.41, 5.74) is 1.80. The van der Waals surface area contributed by atoms with Crippen molar-refractivity contribution in [2.24, 2.45) is 0 Å². The standard InChI is InChI=1S/C13H18N2O2/c1-14-13(17)12(16)11-5-3-2-4-10(11)9-6-7-15-8-9/h2-5,9,12,15-16H,6-8H2,1H3,(H,14,17). The van der Waals surface area contributed by atoms with Crippen LogP contribution in [0, 0.1) is 0 Å². The van der Waals surface area contributed by atoms with Gasteiger partial charge in [0.15, 0.2) is 6.10 Å². The molecule has 3 N–H and O–H groups in total. The van der Waals surface area contributed by atoms with E-state index < -0.39 is 6.10 Å². The molecular formula is C13H18N2O2. The van der Waals surface area contributed by atoms with Crippen molar-refractivity contribution in [3.63, 3.8) is 0 Å². The predicted molar refractivity (Wildman–Crippen MR) is 65.7 cm³/mol. The molecule has 0 radical (unpaired) electrons. The van der Waals surface area contributed by atoms with E-state index in [1.54, 1.807) is 0 Å². The summed E-state index contributed by atoms with van der Waals surface area (Å²) >= 11 is 0. The van der Waals surface area contributed by atoms with Crippen LogP contribution in [0.5, 0.6) is 0 Å². The molecule has 1 aliphatic rings. The summed E-state index contributed by atoms with van der Waals surface area (Å²) in [7, 11) is 1.53. The number of nitrogens with one attached hydrogen (secondary N) is 2. The van der Waals surface area contributed by atoms with Gasteiger partial charge in [0.2, 0.25) is 0 Å². The maximum atomic E-state index is 11.5. The lowest BCUT2D eigenvalue weighted by Crippen LogP contribution is -2.26. The van der Waals surface area contributed by atoms with E-state index >= 15 is 0 Å². The highest BCUT2D eigenvalue weighted by molar-refractivity contribution is 5.82. The highest BCUT2D eigenvalue weighted by atomic mass is 16.3. The van der Waals surface area contributed by atoms with Crippen LogP contribution < -0.4 is 10.6 Å². The van der Waals surface area contributed by atoms with Gasteiger partial charge in [-0.05, 0) is 30.0 Å². The van der Waals surface area contributed by atoms with Crippen molar-refractivity contribution in [1.82, 2.24) is 10.6 Å². The first-order valence-electron chi connectivity index (χ1n) is 5.93. The third-order valence-electron chi connectivity index (χ3n) is 3.29. The maximum absolute atomic E-state index is 11.5. The third-order valence-corrected chi connectivity index (χ3v) is 3.29. The molecule has 1 heterocycles. The fourth-order valence-electron chi connectivity index (χ4n) is 2.33. The maximum Gasteiger partial charge on any atom is 0.253 e. The minimum absolute atomic E-state index is 0.358. The molecule has 2 atom stereocenters. The average molecular weight is 234 g/mol. The largest absolute Gasteiger partial charge is 0.378 e. The van der Waals surface area contributed by atoms with Crippen molar-refractivity contribution >= 4 is 5.91 Å². The van der Waals surface area contributed by atoms with Crippen molar-refractivity contribution in [2.75, 3.05) is 20.1 Å². The molecule has 1 aromatic rings. The topological polar surface area (TPSA) is 61.4 Å². The van der Waals surface area contributed by atoms with Crippen molar-refractivity contribution in [3.05, 3.63) is 35.4 Å². The van der Waals surface area contributed by atoms with Gasteiger partial charge in [-0.15, -0.1) is 0 Å².